The summed E-state index contributed by atoms with van der Waals surface area (Å²) in [6.07, 6.45) is 0.654. The average Bonchev–Trinajstić information content (AvgIpc) is 3.13. The molecule has 0 saturated carbocycles. The summed E-state index contributed by atoms with van der Waals surface area (Å²) in [6, 6.07) is 21.0. The van der Waals surface area contributed by atoms with Crippen molar-refractivity contribution in [3.63, 3.8) is 0 Å². The van der Waals surface area contributed by atoms with Gasteiger partial charge in [0, 0.05) is 17.7 Å². The Labute approximate surface area is 198 Å². The number of benzene rings is 3. The third-order valence-electron chi connectivity index (χ3n) is 5.39. The summed E-state index contributed by atoms with van der Waals surface area (Å²) in [7, 11) is 1.57. The number of methoxy groups -OCH3 is 1. The van der Waals surface area contributed by atoms with Crippen LogP contribution in [0.4, 0.5) is 10.1 Å². The van der Waals surface area contributed by atoms with Crippen molar-refractivity contribution in [1.82, 2.24) is 9.78 Å². The van der Waals surface area contributed by atoms with E-state index in [-0.39, 0.29) is 18.1 Å². The summed E-state index contributed by atoms with van der Waals surface area (Å²) >= 11 is 0. The molecule has 34 heavy (non-hydrogen) atoms. The fourth-order valence-electron chi connectivity index (χ4n) is 3.68. The predicted octanol–water partition coefficient (Wildman–Crippen LogP) is 6.00. The van der Waals surface area contributed by atoms with E-state index >= 15 is 0 Å². The number of aryl methyl sites for hydroxylation is 2. The first-order valence-corrected chi connectivity index (χ1v) is 11.0. The number of carbonyl (C=O) groups is 1. The van der Waals surface area contributed by atoms with Gasteiger partial charge in [-0.1, -0.05) is 24.3 Å². The number of nitrogens with zero attached hydrogens (tertiary/aromatic N) is 2. The van der Waals surface area contributed by atoms with Crippen molar-refractivity contribution in [3.8, 4) is 23.1 Å². The third kappa shape index (κ3) is 5.26. The zero-order valence-electron chi connectivity index (χ0n) is 19.3. The Kier molecular flexibility index (Phi) is 6.92. The number of hydrogen-bond donors (Lipinski definition) is 1. The number of ether oxygens (including phenoxy) is 2. The van der Waals surface area contributed by atoms with Gasteiger partial charge in [-0.15, -0.1) is 0 Å². The number of anilines is 1. The number of halogens is 1. The SMILES string of the molecule is COc1ccccc1Oc1c(CCC(=O)Nc2cccc(C)c2)c(C)nn1-c1ccc(F)cc1. The maximum atomic E-state index is 13.5. The second-order valence-electron chi connectivity index (χ2n) is 7.93. The molecule has 0 saturated heterocycles. The van der Waals surface area contributed by atoms with E-state index in [1.807, 2.05) is 50.2 Å². The molecule has 0 aliphatic carbocycles. The van der Waals surface area contributed by atoms with Crippen molar-refractivity contribution >= 4 is 11.6 Å². The quantitative estimate of drug-likeness (QED) is 0.351. The molecule has 3 aromatic carbocycles. The highest BCUT2D eigenvalue weighted by atomic mass is 19.1. The normalized spacial score (nSPS) is 10.7. The topological polar surface area (TPSA) is 65.4 Å². The lowest BCUT2D eigenvalue weighted by molar-refractivity contribution is -0.116. The maximum Gasteiger partial charge on any atom is 0.226 e. The Morgan fingerprint density at radius 3 is 2.44 bits per heavy atom. The number of amides is 1. The van der Waals surface area contributed by atoms with Crippen LogP contribution in [0.1, 0.15) is 23.2 Å². The minimum absolute atomic E-state index is 0.109. The molecule has 0 bridgehead atoms. The number of rotatable bonds is 8. The molecule has 6 nitrogen and oxygen atoms in total. The van der Waals surface area contributed by atoms with Crippen LogP contribution >= 0.6 is 0 Å². The van der Waals surface area contributed by atoms with Crippen LogP contribution in [0.2, 0.25) is 0 Å². The van der Waals surface area contributed by atoms with Crippen LogP contribution in [0.15, 0.2) is 72.8 Å². The van der Waals surface area contributed by atoms with Gasteiger partial charge in [0.05, 0.1) is 18.5 Å². The molecule has 0 radical (unpaired) electrons. The Bertz CT molecular complexity index is 1300. The van der Waals surface area contributed by atoms with E-state index in [9.17, 15) is 9.18 Å². The van der Waals surface area contributed by atoms with Gasteiger partial charge >= 0.3 is 0 Å². The van der Waals surface area contributed by atoms with Crippen LogP contribution in [0.5, 0.6) is 17.4 Å². The van der Waals surface area contributed by atoms with Crippen molar-refractivity contribution in [2.24, 2.45) is 0 Å². The van der Waals surface area contributed by atoms with Crippen LogP contribution in [-0.2, 0) is 11.2 Å². The Morgan fingerprint density at radius 2 is 1.74 bits per heavy atom. The van der Waals surface area contributed by atoms with Crippen molar-refractivity contribution in [1.29, 1.82) is 0 Å². The monoisotopic (exact) mass is 459 g/mol. The van der Waals surface area contributed by atoms with Crippen LogP contribution in [0.25, 0.3) is 5.69 Å². The fourth-order valence-corrected chi connectivity index (χ4v) is 3.68. The van der Waals surface area contributed by atoms with Gasteiger partial charge in [-0.05, 0) is 74.4 Å². The molecule has 0 atom stereocenters. The molecule has 0 aliphatic heterocycles. The third-order valence-corrected chi connectivity index (χ3v) is 5.39. The summed E-state index contributed by atoms with van der Waals surface area (Å²) in [5.74, 6) is 1.08. The van der Waals surface area contributed by atoms with E-state index in [4.69, 9.17) is 9.47 Å². The highest BCUT2D eigenvalue weighted by Gasteiger charge is 2.21. The highest BCUT2D eigenvalue weighted by Crippen LogP contribution is 2.36. The van der Waals surface area contributed by atoms with Gasteiger partial charge in [0.15, 0.2) is 11.5 Å². The van der Waals surface area contributed by atoms with E-state index in [2.05, 4.69) is 10.4 Å². The number of para-hydroxylation sites is 2. The molecule has 4 aromatic rings. The van der Waals surface area contributed by atoms with Crippen molar-refractivity contribution in [2.45, 2.75) is 26.7 Å². The lowest BCUT2D eigenvalue weighted by Gasteiger charge is -2.14. The van der Waals surface area contributed by atoms with E-state index in [1.54, 1.807) is 36.1 Å². The van der Waals surface area contributed by atoms with Gasteiger partial charge in [-0.25, -0.2) is 9.07 Å². The molecule has 1 N–H and O–H groups in total. The molecule has 7 heteroatoms. The smallest absolute Gasteiger partial charge is 0.226 e. The number of nitrogens with one attached hydrogen (secondary N) is 1. The van der Waals surface area contributed by atoms with Crippen molar-refractivity contribution < 1.29 is 18.7 Å². The van der Waals surface area contributed by atoms with E-state index < -0.39 is 0 Å². The Hall–Kier alpha value is -4.13. The summed E-state index contributed by atoms with van der Waals surface area (Å²) in [5.41, 5.74) is 3.98. The van der Waals surface area contributed by atoms with Crippen molar-refractivity contribution in [2.75, 3.05) is 12.4 Å². The molecular formula is C27H26FN3O3. The zero-order chi connectivity index (χ0) is 24.1. The van der Waals surface area contributed by atoms with Gasteiger partial charge in [0.25, 0.3) is 0 Å². The van der Waals surface area contributed by atoms with E-state index in [0.29, 0.717) is 29.5 Å². The first-order chi connectivity index (χ1) is 16.4. The fraction of sp³-hybridized carbons (Fsp3) is 0.185. The largest absolute Gasteiger partial charge is 0.493 e. The highest BCUT2D eigenvalue weighted by molar-refractivity contribution is 5.90. The Morgan fingerprint density at radius 1 is 1.00 bits per heavy atom. The van der Waals surface area contributed by atoms with E-state index in [0.717, 1.165) is 22.5 Å². The predicted molar refractivity (Wildman–Crippen MR) is 129 cm³/mol. The molecule has 4 rings (SSSR count). The van der Waals surface area contributed by atoms with Gasteiger partial charge in [0.2, 0.25) is 11.8 Å². The number of aromatic nitrogens is 2. The van der Waals surface area contributed by atoms with Crippen LogP contribution < -0.4 is 14.8 Å². The molecule has 0 unspecified atom stereocenters. The molecule has 1 heterocycles. The summed E-state index contributed by atoms with van der Waals surface area (Å²) in [5, 5.41) is 7.57. The van der Waals surface area contributed by atoms with Gasteiger partial charge in [-0.2, -0.15) is 5.10 Å². The maximum absolute atomic E-state index is 13.5. The van der Waals surface area contributed by atoms with Crippen molar-refractivity contribution in [3.05, 3.63) is 95.4 Å². The van der Waals surface area contributed by atoms with Crippen LogP contribution in [0.3, 0.4) is 0 Å². The molecule has 1 amide bonds. The molecule has 0 fully saturated rings. The lowest BCUT2D eigenvalue weighted by Crippen LogP contribution is -2.12. The lowest BCUT2D eigenvalue weighted by atomic mass is 10.1. The number of hydrogen-bond acceptors (Lipinski definition) is 4. The van der Waals surface area contributed by atoms with E-state index in [1.165, 1.54) is 12.1 Å². The first-order valence-electron chi connectivity index (χ1n) is 11.0. The average molecular weight is 460 g/mol. The summed E-state index contributed by atoms with van der Waals surface area (Å²) < 4.78 is 26.9. The van der Waals surface area contributed by atoms with Crippen LogP contribution in [0, 0.1) is 19.7 Å². The minimum atomic E-state index is -0.340. The standard InChI is InChI=1S/C27H26FN3O3/c1-18-7-6-8-21(17-18)29-26(32)16-15-23-19(2)30-31(22-13-11-20(28)12-14-22)27(23)34-25-10-5-4-9-24(25)33-3/h4-14,17H,15-16H2,1-3H3,(H,29,32). The van der Waals surface area contributed by atoms with Gasteiger partial charge in [-0.3, -0.25) is 4.79 Å². The molecular weight excluding hydrogens is 433 g/mol. The first kappa shape index (κ1) is 23.0. The molecule has 1 aromatic heterocycles. The van der Waals surface area contributed by atoms with Gasteiger partial charge < -0.3 is 14.8 Å². The summed E-state index contributed by atoms with van der Waals surface area (Å²) in [6.45, 7) is 3.84. The second-order valence-corrected chi connectivity index (χ2v) is 7.93. The summed E-state index contributed by atoms with van der Waals surface area (Å²) in [4.78, 5) is 12.7. The molecule has 174 valence electrons. The van der Waals surface area contributed by atoms with Crippen LogP contribution in [-0.4, -0.2) is 22.8 Å². The second kappa shape index (κ2) is 10.2. The zero-order valence-corrected chi connectivity index (χ0v) is 19.3. The molecule has 0 spiro atoms. The van der Waals surface area contributed by atoms with Gasteiger partial charge in [0.1, 0.15) is 5.82 Å². The Balaban J connectivity index is 1.64. The molecule has 0 aliphatic rings. The minimum Gasteiger partial charge on any atom is -0.493 e. The number of carbonyl (C=O) groups excluding carboxylic acids is 1.